The van der Waals surface area contributed by atoms with E-state index in [9.17, 15) is 31.3 Å². The lowest BCUT2D eigenvalue weighted by atomic mass is 9.79. The molecule has 2 aliphatic rings. The van der Waals surface area contributed by atoms with Crippen LogP contribution < -0.4 is 10.2 Å². The van der Waals surface area contributed by atoms with Crippen molar-refractivity contribution in [1.82, 2.24) is 19.7 Å². The van der Waals surface area contributed by atoms with Crippen molar-refractivity contribution >= 4 is 33.6 Å². The minimum Gasteiger partial charge on any atom is -0.444 e. The number of alkyl halides is 2. The Hall–Kier alpha value is -3.92. The number of nitrogens with one attached hydrogen (secondary N) is 1. The first-order chi connectivity index (χ1) is 22.1. The summed E-state index contributed by atoms with van der Waals surface area (Å²) in [5, 5.41) is 6.55. The summed E-state index contributed by atoms with van der Waals surface area (Å²) in [4.78, 5) is 36.2. The van der Waals surface area contributed by atoms with Crippen LogP contribution in [0.5, 0.6) is 0 Å². The fourth-order valence-electron chi connectivity index (χ4n) is 5.79. The molecule has 0 aliphatic heterocycles. The minimum absolute atomic E-state index is 0.0638. The van der Waals surface area contributed by atoms with Gasteiger partial charge in [-0.25, -0.2) is 23.5 Å². The number of hydrogen-bond acceptors (Lipinski definition) is 9. The summed E-state index contributed by atoms with van der Waals surface area (Å²) in [7, 11) is -4.09. The molecule has 47 heavy (non-hydrogen) atoms. The fraction of sp³-hybridized carbons (Fsp3) is 0.581. The number of carbonyl (C=O) groups excluding carboxylic acids is 2. The van der Waals surface area contributed by atoms with Gasteiger partial charge < -0.3 is 14.5 Å². The molecule has 0 spiro atoms. The summed E-state index contributed by atoms with van der Waals surface area (Å²) in [5.41, 5.74) is -1.15. The SMILES string of the molecule is CC(CS(=O)(=O)O)C1CCC(n2cc(NC(=O)c3coc(-c4ccnc(N(CC5CC5)C(=O)OC(C)(C)C)c4)n3)c(C(F)F)n2)CC1. The Morgan fingerprint density at radius 1 is 1.19 bits per heavy atom. The molecule has 16 heteroatoms. The first-order valence-electron chi connectivity index (χ1n) is 15.6. The second-order valence-corrected chi connectivity index (χ2v) is 14.9. The zero-order valence-electron chi connectivity index (χ0n) is 26.7. The Kier molecular flexibility index (Phi) is 10.0. The summed E-state index contributed by atoms with van der Waals surface area (Å²) < 4.78 is 72.2. The summed E-state index contributed by atoms with van der Waals surface area (Å²) in [6.07, 6.45) is 4.92. The standard InChI is InChI=1S/C31H40F2N6O7S/c1-18(17-47(42,43)44)20-7-9-22(10-8-20)39-15-23(26(37-39)27(32)33)35-28(40)24-16-45-29(36-24)21-11-12-34-25(13-21)38(14-19-5-6-19)30(41)46-31(2,3)4/h11-13,15-16,18-20,22,27H,5-10,14,17H2,1-4H3,(H,35,40)(H,42,43,44). The predicted molar refractivity (Wildman–Crippen MR) is 168 cm³/mol. The van der Waals surface area contributed by atoms with Crippen molar-refractivity contribution in [2.45, 2.75) is 84.3 Å². The van der Waals surface area contributed by atoms with Crippen molar-refractivity contribution in [2.75, 3.05) is 22.5 Å². The van der Waals surface area contributed by atoms with E-state index in [4.69, 9.17) is 9.15 Å². The largest absolute Gasteiger partial charge is 0.444 e. The van der Waals surface area contributed by atoms with Crippen LogP contribution in [-0.2, 0) is 14.9 Å². The Labute approximate surface area is 271 Å². The molecular formula is C31H40F2N6O7S. The smallest absolute Gasteiger partial charge is 0.416 e. The Morgan fingerprint density at radius 2 is 1.89 bits per heavy atom. The number of aromatic nitrogens is 4. The van der Waals surface area contributed by atoms with Crippen molar-refractivity contribution < 1.29 is 40.5 Å². The van der Waals surface area contributed by atoms with Crippen molar-refractivity contribution in [2.24, 2.45) is 17.8 Å². The molecular weight excluding hydrogens is 638 g/mol. The van der Waals surface area contributed by atoms with Crippen LogP contribution >= 0.6 is 0 Å². The molecule has 3 aromatic heterocycles. The molecule has 2 fully saturated rings. The van der Waals surface area contributed by atoms with Gasteiger partial charge in [0.25, 0.3) is 22.5 Å². The number of anilines is 2. The van der Waals surface area contributed by atoms with Crippen molar-refractivity contribution in [3.05, 3.63) is 42.2 Å². The molecule has 3 heterocycles. The topological polar surface area (TPSA) is 170 Å². The Morgan fingerprint density at radius 3 is 2.51 bits per heavy atom. The number of oxazole rings is 1. The van der Waals surface area contributed by atoms with Gasteiger partial charge in [-0.2, -0.15) is 13.5 Å². The van der Waals surface area contributed by atoms with Gasteiger partial charge in [0.15, 0.2) is 11.4 Å². The minimum atomic E-state index is -4.09. The van der Waals surface area contributed by atoms with Crippen molar-refractivity contribution in [3.63, 3.8) is 0 Å². The third-order valence-corrected chi connectivity index (χ3v) is 9.31. The lowest BCUT2D eigenvalue weighted by Crippen LogP contribution is -2.38. The Bertz CT molecular complexity index is 1690. The number of hydrogen-bond donors (Lipinski definition) is 2. The third-order valence-electron chi connectivity index (χ3n) is 8.37. The summed E-state index contributed by atoms with van der Waals surface area (Å²) >= 11 is 0. The Balaban J connectivity index is 1.27. The normalized spacial score (nSPS) is 19.4. The van der Waals surface area contributed by atoms with Crippen LogP contribution in [0.1, 0.15) is 94.9 Å². The van der Waals surface area contributed by atoms with Crippen LogP contribution in [0.2, 0.25) is 0 Å². The summed E-state index contributed by atoms with van der Waals surface area (Å²) in [5.74, 6) is -0.524. The number of rotatable bonds is 11. The molecule has 0 bridgehead atoms. The van der Waals surface area contributed by atoms with Crippen molar-refractivity contribution in [1.29, 1.82) is 0 Å². The van der Waals surface area contributed by atoms with Crippen LogP contribution in [0.15, 0.2) is 35.2 Å². The summed E-state index contributed by atoms with van der Waals surface area (Å²) in [6, 6.07) is 3.00. The first kappa shape index (κ1) is 34.4. The zero-order chi connectivity index (χ0) is 34.1. The molecule has 2 saturated carbocycles. The number of amides is 2. The van der Waals surface area contributed by atoms with E-state index in [2.05, 4.69) is 20.4 Å². The van der Waals surface area contributed by atoms with E-state index in [1.54, 1.807) is 39.8 Å². The lowest BCUT2D eigenvalue weighted by molar-refractivity contribution is 0.0577. The number of ether oxygens (including phenoxy) is 1. The van der Waals surface area contributed by atoms with Gasteiger partial charge in [-0.1, -0.05) is 6.92 Å². The van der Waals surface area contributed by atoms with E-state index in [0.29, 0.717) is 49.5 Å². The molecule has 2 aliphatic carbocycles. The maximum absolute atomic E-state index is 14.0. The quantitative estimate of drug-likeness (QED) is 0.213. The van der Waals surface area contributed by atoms with Gasteiger partial charge >= 0.3 is 6.09 Å². The van der Waals surface area contributed by atoms with Crippen LogP contribution in [0, 0.1) is 17.8 Å². The van der Waals surface area contributed by atoms with E-state index in [-0.39, 0.29) is 40.9 Å². The van der Waals surface area contributed by atoms with E-state index in [0.717, 1.165) is 19.1 Å². The predicted octanol–water partition coefficient (Wildman–Crippen LogP) is 6.53. The number of halogens is 2. The van der Waals surface area contributed by atoms with Gasteiger partial charge in [0.1, 0.15) is 17.7 Å². The molecule has 0 saturated heterocycles. The molecule has 2 N–H and O–H groups in total. The molecule has 0 aromatic carbocycles. The molecule has 5 rings (SSSR count). The first-order valence-corrected chi connectivity index (χ1v) is 17.2. The third kappa shape index (κ3) is 9.12. The monoisotopic (exact) mass is 678 g/mol. The highest BCUT2D eigenvalue weighted by Crippen LogP contribution is 2.38. The van der Waals surface area contributed by atoms with Gasteiger partial charge in [0, 0.05) is 24.5 Å². The number of pyridine rings is 1. The van der Waals surface area contributed by atoms with E-state index >= 15 is 0 Å². The fourth-order valence-corrected chi connectivity index (χ4v) is 6.72. The number of carbonyl (C=O) groups is 2. The van der Waals surface area contributed by atoms with Gasteiger partial charge in [-0.15, -0.1) is 0 Å². The van der Waals surface area contributed by atoms with E-state index < -0.39 is 39.8 Å². The molecule has 256 valence electrons. The van der Waals surface area contributed by atoms with Crippen LogP contribution in [-0.4, -0.2) is 62.6 Å². The van der Waals surface area contributed by atoms with E-state index in [1.165, 1.54) is 22.0 Å². The molecule has 13 nitrogen and oxygen atoms in total. The maximum Gasteiger partial charge on any atom is 0.416 e. The van der Waals surface area contributed by atoms with Gasteiger partial charge in [0.2, 0.25) is 5.89 Å². The van der Waals surface area contributed by atoms with Crippen LogP contribution in [0.25, 0.3) is 11.5 Å². The van der Waals surface area contributed by atoms with Gasteiger partial charge in [0.05, 0.1) is 17.5 Å². The summed E-state index contributed by atoms with van der Waals surface area (Å²) in [6.45, 7) is 7.56. The average molecular weight is 679 g/mol. The highest BCUT2D eigenvalue weighted by Gasteiger charge is 2.33. The van der Waals surface area contributed by atoms with Crippen molar-refractivity contribution in [3.8, 4) is 11.5 Å². The second kappa shape index (κ2) is 13.7. The van der Waals surface area contributed by atoms with Gasteiger partial charge in [-0.05, 0) is 89.2 Å². The highest BCUT2D eigenvalue weighted by atomic mass is 32.2. The average Bonchev–Trinajstić information content (AvgIpc) is 3.49. The molecule has 1 unspecified atom stereocenters. The van der Waals surface area contributed by atoms with Gasteiger partial charge in [-0.3, -0.25) is 18.9 Å². The molecule has 3 aromatic rings. The molecule has 1 atom stereocenters. The highest BCUT2D eigenvalue weighted by molar-refractivity contribution is 7.85. The van der Waals surface area contributed by atoms with E-state index in [1.807, 2.05) is 0 Å². The second-order valence-electron chi connectivity index (χ2n) is 13.4. The molecule has 2 amide bonds. The number of nitrogens with zero attached hydrogens (tertiary/aromatic N) is 5. The van der Waals surface area contributed by atoms with Crippen LogP contribution in [0.3, 0.4) is 0 Å². The molecule has 0 radical (unpaired) electrons. The lowest BCUT2D eigenvalue weighted by Gasteiger charge is -2.31. The zero-order valence-corrected chi connectivity index (χ0v) is 27.5. The maximum atomic E-state index is 14.0. The van der Waals surface area contributed by atoms with Crippen LogP contribution in [0.4, 0.5) is 25.1 Å².